The summed E-state index contributed by atoms with van der Waals surface area (Å²) in [6.45, 7) is 4.21. The summed E-state index contributed by atoms with van der Waals surface area (Å²) in [6.07, 6.45) is 2.71. The molecule has 2 unspecified atom stereocenters. The fourth-order valence-corrected chi connectivity index (χ4v) is 2.65. The maximum Gasteiger partial charge on any atom is 0.330 e. The first kappa shape index (κ1) is 18.6. The maximum atomic E-state index is 11.1. The van der Waals surface area contributed by atoms with Crippen molar-refractivity contribution >= 4 is 5.97 Å². The van der Waals surface area contributed by atoms with Gasteiger partial charge in [0, 0.05) is 6.08 Å². The van der Waals surface area contributed by atoms with Crippen molar-refractivity contribution in [3.05, 3.63) is 71.4 Å². The highest BCUT2D eigenvalue weighted by Gasteiger charge is 2.27. The van der Waals surface area contributed by atoms with Crippen molar-refractivity contribution in [3.8, 4) is 11.5 Å². The predicted molar refractivity (Wildman–Crippen MR) is 100 cm³/mol. The van der Waals surface area contributed by atoms with Crippen LogP contribution < -0.4 is 20.2 Å². The Morgan fingerprint density at radius 1 is 1.11 bits per heavy atom. The lowest BCUT2D eigenvalue weighted by atomic mass is 10.2. The Morgan fingerprint density at radius 3 is 2.48 bits per heavy atom. The van der Waals surface area contributed by atoms with Crippen LogP contribution in [0.2, 0.25) is 0 Å². The summed E-state index contributed by atoms with van der Waals surface area (Å²) in [7, 11) is 1.34. The smallest absolute Gasteiger partial charge is 0.330 e. The summed E-state index contributed by atoms with van der Waals surface area (Å²) in [4.78, 5) is 20.4. The van der Waals surface area contributed by atoms with Crippen molar-refractivity contribution in [3.63, 3.8) is 0 Å². The van der Waals surface area contributed by atoms with Crippen LogP contribution in [0, 0.1) is 0 Å². The van der Waals surface area contributed by atoms with E-state index in [-0.39, 0.29) is 6.10 Å². The minimum absolute atomic E-state index is 0.267. The van der Waals surface area contributed by atoms with Crippen molar-refractivity contribution in [1.29, 1.82) is 0 Å². The molecule has 0 aliphatic carbocycles. The lowest BCUT2D eigenvalue weighted by molar-refractivity contribution is -0.134. The van der Waals surface area contributed by atoms with Gasteiger partial charge in [0.15, 0.2) is 0 Å². The van der Waals surface area contributed by atoms with Crippen LogP contribution in [0.15, 0.2) is 70.7 Å². The second-order valence-corrected chi connectivity index (χ2v) is 6.37. The Hall–Kier alpha value is -3.15. The van der Waals surface area contributed by atoms with Crippen LogP contribution in [-0.2, 0) is 9.53 Å². The van der Waals surface area contributed by atoms with Gasteiger partial charge in [-0.25, -0.2) is 9.79 Å². The van der Waals surface area contributed by atoms with Crippen LogP contribution in [0.1, 0.15) is 13.8 Å². The average Bonchev–Trinajstić information content (AvgIpc) is 2.67. The molecule has 0 amide bonds. The first-order valence-corrected chi connectivity index (χ1v) is 8.69. The maximum absolute atomic E-state index is 11.1. The second-order valence-electron chi connectivity index (χ2n) is 6.37. The molecule has 0 saturated carbocycles. The number of carbonyl (C=O) groups excluding carboxylic acids is 1. The largest absolute Gasteiger partial charge is 0.487 e. The Morgan fingerprint density at radius 2 is 1.78 bits per heavy atom. The summed E-state index contributed by atoms with van der Waals surface area (Å²) < 4.78 is 16.4. The first-order valence-electron chi connectivity index (χ1n) is 8.69. The molecule has 6 heteroatoms. The van der Waals surface area contributed by atoms with Gasteiger partial charge in [-0.15, -0.1) is 0 Å². The van der Waals surface area contributed by atoms with Crippen LogP contribution >= 0.6 is 0 Å². The topological polar surface area (TPSA) is 69.5 Å². The molecule has 2 aromatic rings. The number of methoxy groups -OCH3 is 1. The number of hydrogen-bond donors (Lipinski definition) is 0. The summed E-state index contributed by atoms with van der Waals surface area (Å²) in [5.74, 6) is 0.941. The summed E-state index contributed by atoms with van der Waals surface area (Å²) in [5, 5.41) is 1.72. The zero-order valence-corrected chi connectivity index (χ0v) is 15.6. The molecule has 0 saturated heterocycles. The van der Waals surface area contributed by atoms with Gasteiger partial charge in [-0.1, -0.05) is 12.1 Å². The fourth-order valence-electron chi connectivity index (χ4n) is 2.65. The van der Waals surface area contributed by atoms with Gasteiger partial charge in [-0.3, -0.25) is 4.99 Å². The zero-order valence-electron chi connectivity index (χ0n) is 15.6. The number of para-hydroxylation sites is 2. The minimum atomic E-state index is -0.743. The highest BCUT2D eigenvalue weighted by atomic mass is 16.5. The van der Waals surface area contributed by atoms with Crippen LogP contribution in [0.4, 0.5) is 0 Å². The van der Waals surface area contributed by atoms with Gasteiger partial charge < -0.3 is 14.2 Å². The Bertz CT molecular complexity index is 953. The van der Waals surface area contributed by atoms with Gasteiger partial charge in [0.2, 0.25) is 5.72 Å². The molecule has 0 aromatic heterocycles. The highest BCUT2D eigenvalue weighted by Crippen LogP contribution is 2.24. The fraction of sp³-hybridized carbons (Fsp3) is 0.286. The first-order chi connectivity index (χ1) is 13.0. The summed E-state index contributed by atoms with van der Waals surface area (Å²) >= 11 is 0. The number of benzene rings is 2. The van der Waals surface area contributed by atoms with E-state index in [4.69, 9.17) is 14.5 Å². The Labute approximate surface area is 157 Å². The molecule has 1 heterocycles. The van der Waals surface area contributed by atoms with Crippen LogP contribution in [0.3, 0.4) is 0 Å². The lowest BCUT2D eigenvalue weighted by Crippen LogP contribution is -2.44. The molecule has 2 aromatic carbocycles. The number of ether oxygens (including phenoxy) is 3. The van der Waals surface area contributed by atoms with Gasteiger partial charge >= 0.3 is 5.97 Å². The Kier molecular flexibility index (Phi) is 5.54. The quantitative estimate of drug-likeness (QED) is 0.581. The van der Waals surface area contributed by atoms with E-state index < -0.39 is 11.7 Å². The monoisotopic (exact) mass is 366 g/mol. The van der Waals surface area contributed by atoms with E-state index in [0.29, 0.717) is 18.0 Å². The summed E-state index contributed by atoms with van der Waals surface area (Å²) in [5.41, 5.74) is -0.743. The molecule has 0 fully saturated rings. The van der Waals surface area contributed by atoms with Gasteiger partial charge in [-0.2, -0.15) is 0 Å². The molecule has 6 nitrogen and oxygen atoms in total. The zero-order chi connectivity index (χ0) is 19.3. The molecule has 27 heavy (non-hydrogen) atoms. The van der Waals surface area contributed by atoms with Crippen LogP contribution in [-0.4, -0.2) is 31.5 Å². The molecule has 1 aliphatic rings. The van der Waals surface area contributed by atoms with Gasteiger partial charge in [0.05, 0.1) is 17.8 Å². The number of carbonyl (C=O) groups is 1. The van der Waals surface area contributed by atoms with Crippen molar-refractivity contribution in [2.75, 3.05) is 13.7 Å². The SMILES string of the molecule is COC(=O)C=CC(C)Oc1ccc(OC2(C)CN=c3ccccc3=N2)cc1. The van der Waals surface area contributed by atoms with E-state index >= 15 is 0 Å². The standard InChI is InChI=1S/C21H22N2O4/c1-15(8-13-20(24)25-3)26-16-9-11-17(12-10-16)27-21(2)14-22-18-6-4-5-7-19(18)23-21/h4-13,15H,14H2,1-3H3. The molecule has 2 atom stereocenters. The molecule has 3 rings (SSSR count). The van der Waals surface area contributed by atoms with E-state index in [0.717, 1.165) is 10.7 Å². The highest BCUT2D eigenvalue weighted by molar-refractivity contribution is 5.81. The number of rotatable bonds is 6. The lowest BCUT2D eigenvalue weighted by Gasteiger charge is -2.26. The number of nitrogens with zero attached hydrogens (tertiary/aromatic N) is 2. The van der Waals surface area contributed by atoms with Crippen molar-refractivity contribution in [1.82, 2.24) is 0 Å². The van der Waals surface area contributed by atoms with Crippen molar-refractivity contribution in [2.45, 2.75) is 25.7 Å². The normalized spacial score (nSPS) is 19.4. The van der Waals surface area contributed by atoms with Crippen LogP contribution in [0.5, 0.6) is 11.5 Å². The van der Waals surface area contributed by atoms with Gasteiger partial charge in [-0.05, 0) is 56.3 Å². The summed E-state index contributed by atoms with van der Waals surface area (Å²) in [6, 6.07) is 15.0. The van der Waals surface area contributed by atoms with Crippen LogP contribution in [0.25, 0.3) is 0 Å². The van der Waals surface area contributed by atoms with Crippen molar-refractivity contribution in [2.24, 2.45) is 9.98 Å². The van der Waals surface area contributed by atoms with Gasteiger partial charge in [0.25, 0.3) is 0 Å². The molecular weight excluding hydrogens is 344 g/mol. The molecule has 0 spiro atoms. The number of fused-ring (bicyclic) bond motifs is 1. The molecule has 0 radical (unpaired) electrons. The molecule has 1 aliphatic heterocycles. The van der Waals surface area contributed by atoms with Crippen molar-refractivity contribution < 1.29 is 19.0 Å². The molecule has 140 valence electrons. The molecular formula is C21H22N2O4. The number of hydrogen-bond acceptors (Lipinski definition) is 6. The average molecular weight is 366 g/mol. The molecule has 0 N–H and O–H groups in total. The second kappa shape index (κ2) is 8.03. The van der Waals surface area contributed by atoms with E-state index in [1.54, 1.807) is 6.08 Å². The third-order valence-electron chi connectivity index (χ3n) is 3.97. The van der Waals surface area contributed by atoms with E-state index in [1.807, 2.05) is 62.4 Å². The van der Waals surface area contributed by atoms with E-state index in [1.165, 1.54) is 13.2 Å². The third kappa shape index (κ3) is 4.94. The molecule has 0 bridgehead atoms. The predicted octanol–water partition coefficient (Wildman–Crippen LogP) is 2.23. The number of esters is 1. The van der Waals surface area contributed by atoms with E-state index in [2.05, 4.69) is 9.73 Å². The van der Waals surface area contributed by atoms with Gasteiger partial charge in [0.1, 0.15) is 24.1 Å². The van der Waals surface area contributed by atoms with E-state index in [9.17, 15) is 4.79 Å². The Balaban J connectivity index is 1.65. The minimum Gasteiger partial charge on any atom is -0.487 e. The third-order valence-corrected chi connectivity index (χ3v) is 3.97.